The van der Waals surface area contributed by atoms with E-state index in [1.165, 1.54) is 28.3 Å². The summed E-state index contributed by atoms with van der Waals surface area (Å²) in [5.41, 5.74) is 3.78. The molecule has 1 aliphatic heterocycles. The third-order valence-corrected chi connectivity index (χ3v) is 4.73. The van der Waals surface area contributed by atoms with Gasteiger partial charge in [0, 0.05) is 32.6 Å². The topological polar surface area (TPSA) is 115 Å². The Balaban J connectivity index is 1.92. The minimum absolute atomic E-state index is 0.00228. The maximum absolute atomic E-state index is 12.5. The zero-order valence-electron chi connectivity index (χ0n) is 13.5. The third-order valence-electron chi connectivity index (χ3n) is 4.18. The Labute approximate surface area is 147 Å². The van der Waals surface area contributed by atoms with Crippen molar-refractivity contribution in [2.45, 2.75) is 12.5 Å². The molecule has 9 nitrogen and oxygen atoms in total. The molecule has 0 unspecified atom stereocenters. The van der Waals surface area contributed by atoms with Crippen LogP contribution < -0.4 is 11.0 Å². The molecule has 10 heteroatoms. The molecule has 0 amide bonds. The highest BCUT2D eigenvalue weighted by molar-refractivity contribution is 7.71. The Morgan fingerprint density at radius 3 is 2.56 bits per heavy atom. The van der Waals surface area contributed by atoms with Gasteiger partial charge in [-0.15, -0.1) is 0 Å². The van der Waals surface area contributed by atoms with Gasteiger partial charge in [-0.1, -0.05) is 12.1 Å². The molecule has 0 aliphatic carbocycles. The first-order valence-electron chi connectivity index (χ1n) is 7.37. The summed E-state index contributed by atoms with van der Waals surface area (Å²) >= 11 is 5.09. The van der Waals surface area contributed by atoms with Crippen molar-refractivity contribution in [2.24, 2.45) is 19.2 Å². The zero-order valence-corrected chi connectivity index (χ0v) is 14.3. The summed E-state index contributed by atoms with van der Waals surface area (Å²) < 4.78 is 2.81. The molecular weight excluding hydrogens is 346 g/mol. The molecule has 0 fully saturated rings. The zero-order chi connectivity index (χ0) is 18.3. The van der Waals surface area contributed by atoms with E-state index in [2.05, 4.69) is 10.5 Å². The SMILES string of the molecule is Cn1c(O)c(C2=NN[C@@H](c3ccc([N+](=O)[O-])cc3)C2)c(=O)n(C)c1=S. The fourth-order valence-corrected chi connectivity index (χ4v) is 2.87. The van der Waals surface area contributed by atoms with E-state index < -0.39 is 10.5 Å². The number of hydrogen-bond acceptors (Lipinski definition) is 7. The molecule has 0 bridgehead atoms. The second-order valence-electron chi connectivity index (χ2n) is 5.70. The maximum Gasteiger partial charge on any atom is 0.269 e. The molecule has 2 aromatic rings. The molecule has 1 aliphatic rings. The Morgan fingerprint density at radius 1 is 1.32 bits per heavy atom. The van der Waals surface area contributed by atoms with Crippen LogP contribution in [-0.4, -0.2) is 24.9 Å². The molecule has 1 aromatic heterocycles. The van der Waals surface area contributed by atoms with Gasteiger partial charge in [0.2, 0.25) is 5.88 Å². The van der Waals surface area contributed by atoms with Crippen LogP contribution in [0.15, 0.2) is 34.2 Å². The van der Waals surface area contributed by atoms with Crippen molar-refractivity contribution in [2.75, 3.05) is 0 Å². The van der Waals surface area contributed by atoms with Crippen LogP contribution in [0.3, 0.4) is 0 Å². The number of hydrogen-bond donors (Lipinski definition) is 2. The molecule has 130 valence electrons. The number of aromatic nitrogens is 2. The van der Waals surface area contributed by atoms with Crippen molar-refractivity contribution < 1.29 is 10.0 Å². The lowest BCUT2D eigenvalue weighted by atomic mass is 10.00. The van der Waals surface area contributed by atoms with Crippen molar-refractivity contribution in [1.82, 2.24) is 14.6 Å². The lowest BCUT2D eigenvalue weighted by Crippen LogP contribution is -2.28. The van der Waals surface area contributed by atoms with Gasteiger partial charge in [-0.2, -0.15) is 5.10 Å². The molecule has 25 heavy (non-hydrogen) atoms. The molecule has 1 aromatic carbocycles. The van der Waals surface area contributed by atoms with Gasteiger partial charge >= 0.3 is 0 Å². The van der Waals surface area contributed by atoms with Gasteiger partial charge in [0.1, 0.15) is 5.56 Å². The number of non-ortho nitro benzene ring substituents is 1. The van der Waals surface area contributed by atoms with Gasteiger partial charge in [0.15, 0.2) is 4.77 Å². The summed E-state index contributed by atoms with van der Waals surface area (Å²) in [5.74, 6) is -0.238. The first-order valence-corrected chi connectivity index (χ1v) is 7.78. The number of aromatic hydroxyl groups is 1. The number of hydrazone groups is 1. The predicted octanol–water partition coefficient (Wildman–Crippen LogP) is 1.51. The van der Waals surface area contributed by atoms with Gasteiger partial charge in [-0.05, 0) is 17.8 Å². The van der Waals surface area contributed by atoms with E-state index in [-0.39, 0.29) is 27.9 Å². The van der Waals surface area contributed by atoms with E-state index in [1.807, 2.05) is 0 Å². The molecular formula is C15H15N5O4S. The molecule has 2 N–H and O–H groups in total. The van der Waals surface area contributed by atoms with Crippen molar-refractivity contribution in [3.05, 3.63) is 60.6 Å². The number of benzene rings is 1. The number of nitro groups is 1. The van der Waals surface area contributed by atoms with Crippen LogP contribution in [0.2, 0.25) is 0 Å². The van der Waals surface area contributed by atoms with Crippen LogP contribution in [-0.2, 0) is 14.1 Å². The molecule has 1 atom stereocenters. The van der Waals surface area contributed by atoms with E-state index in [1.54, 1.807) is 19.2 Å². The van der Waals surface area contributed by atoms with Crippen LogP contribution in [0.25, 0.3) is 0 Å². The molecule has 0 radical (unpaired) electrons. The predicted molar refractivity (Wildman–Crippen MR) is 93.3 cm³/mol. The number of rotatable bonds is 3. The van der Waals surface area contributed by atoms with Gasteiger partial charge in [0.05, 0.1) is 16.7 Å². The highest BCUT2D eigenvalue weighted by Gasteiger charge is 2.27. The van der Waals surface area contributed by atoms with Gasteiger partial charge in [-0.25, -0.2) is 0 Å². The molecule has 2 heterocycles. The highest BCUT2D eigenvalue weighted by atomic mass is 32.1. The largest absolute Gasteiger partial charge is 0.494 e. The van der Waals surface area contributed by atoms with Crippen molar-refractivity contribution >= 4 is 23.6 Å². The molecule has 0 saturated carbocycles. The second-order valence-corrected chi connectivity index (χ2v) is 6.06. The van der Waals surface area contributed by atoms with Crippen LogP contribution in [0.5, 0.6) is 5.88 Å². The second kappa shape index (κ2) is 6.13. The number of nitrogens with zero attached hydrogens (tertiary/aromatic N) is 4. The third kappa shape index (κ3) is 2.80. The molecule has 3 rings (SSSR count). The van der Waals surface area contributed by atoms with Crippen LogP contribution in [0, 0.1) is 14.9 Å². The van der Waals surface area contributed by atoms with E-state index >= 15 is 0 Å². The normalized spacial score (nSPS) is 16.4. The van der Waals surface area contributed by atoms with Crippen LogP contribution in [0.4, 0.5) is 5.69 Å². The van der Waals surface area contributed by atoms with Crippen LogP contribution >= 0.6 is 12.2 Å². The number of nitro benzene ring substituents is 1. The van der Waals surface area contributed by atoms with E-state index in [0.717, 1.165) is 5.56 Å². The standard InChI is InChI=1S/C15H15N5O4S/c1-18-13(21)12(14(22)19(2)15(18)25)11-7-10(16-17-11)8-3-5-9(6-4-8)20(23)24/h3-6,10,16,21H,7H2,1-2H3/t10-/m1/s1. The average molecular weight is 361 g/mol. The Kier molecular flexibility index (Phi) is 4.13. The van der Waals surface area contributed by atoms with E-state index in [0.29, 0.717) is 12.1 Å². The fourth-order valence-electron chi connectivity index (χ4n) is 2.71. The minimum atomic E-state index is -0.466. The van der Waals surface area contributed by atoms with E-state index in [9.17, 15) is 20.0 Å². The fraction of sp³-hybridized carbons (Fsp3) is 0.267. The summed E-state index contributed by atoms with van der Waals surface area (Å²) in [4.78, 5) is 22.7. The van der Waals surface area contributed by atoms with Gasteiger partial charge in [0.25, 0.3) is 11.2 Å². The van der Waals surface area contributed by atoms with Crippen molar-refractivity contribution in [1.29, 1.82) is 0 Å². The first kappa shape index (κ1) is 16.8. The van der Waals surface area contributed by atoms with Crippen molar-refractivity contribution in [3.8, 4) is 5.88 Å². The summed E-state index contributed by atoms with van der Waals surface area (Å²) in [6, 6.07) is 5.86. The summed E-state index contributed by atoms with van der Waals surface area (Å²) in [6.45, 7) is 0. The highest BCUT2D eigenvalue weighted by Crippen LogP contribution is 2.27. The molecule has 0 spiro atoms. The summed E-state index contributed by atoms with van der Waals surface area (Å²) in [5, 5.41) is 25.2. The summed E-state index contributed by atoms with van der Waals surface area (Å²) in [7, 11) is 3.10. The Hall–Kier alpha value is -3.01. The quantitative estimate of drug-likeness (QED) is 0.486. The number of nitrogens with one attached hydrogen (secondary N) is 1. The lowest BCUT2D eigenvalue weighted by molar-refractivity contribution is -0.384. The van der Waals surface area contributed by atoms with Crippen LogP contribution in [0.1, 0.15) is 23.6 Å². The Morgan fingerprint density at radius 2 is 1.96 bits per heavy atom. The molecule has 0 saturated heterocycles. The average Bonchev–Trinajstić information content (AvgIpc) is 3.08. The Bertz CT molecular complexity index is 1010. The minimum Gasteiger partial charge on any atom is -0.494 e. The van der Waals surface area contributed by atoms with E-state index in [4.69, 9.17) is 12.2 Å². The maximum atomic E-state index is 12.5. The van der Waals surface area contributed by atoms with Gasteiger partial charge < -0.3 is 10.5 Å². The smallest absolute Gasteiger partial charge is 0.269 e. The van der Waals surface area contributed by atoms with Crippen molar-refractivity contribution in [3.63, 3.8) is 0 Å². The monoisotopic (exact) mass is 361 g/mol. The lowest BCUT2D eigenvalue weighted by Gasteiger charge is -2.12. The van der Waals surface area contributed by atoms with Gasteiger partial charge in [-0.3, -0.25) is 24.0 Å². The summed E-state index contributed by atoms with van der Waals surface area (Å²) in [6.07, 6.45) is 0.359. The first-order chi connectivity index (χ1) is 11.8.